The molecule has 0 spiro atoms. The predicted octanol–water partition coefficient (Wildman–Crippen LogP) is 4.31. The van der Waals surface area contributed by atoms with Gasteiger partial charge in [-0.2, -0.15) is 5.26 Å². The minimum atomic E-state index is -0.383. The molecule has 2 aromatic rings. The quantitative estimate of drug-likeness (QED) is 0.716. The average Bonchev–Trinajstić information content (AvgIpc) is 3.50. The molecule has 1 N–H and O–H groups in total. The Labute approximate surface area is 193 Å². The van der Waals surface area contributed by atoms with Crippen LogP contribution in [-0.2, 0) is 22.4 Å². The van der Waals surface area contributed by atoms with Crippen molar-refractivity contribution in [2.75, 3.05) is 11.9 Å². The van der Waals surface area contributed by atoms with Crippen LogP contribution in [-0.4, -0.2) is 30.8 Å². The van der Waals surface area contributed by atoms with E-state index in [1.54, 1.807) is 11.9 Å². The van der Waals surface area contributed by atoms with Gasteiger partial charge >= 0.3 is 0 Å². The van der Waals surface area contributed by atoms with Crippen molar-refractivity contribution in [2.45, 2.75) is 50.6 Å². The Morgan fingerprint density at radius 2 is 2.03 bits per heavy atom. The molecule has 3 aliphatic rings. The lowest BCUT2D eigenvalue weighted by Crippen LogP contribution is -2.42. The highest BCUT2D eigenvalue weighted by Gasteiger charge is 2.42. The number of hydrogen-bond acceptors (Lipinski definition) is 4. The summed E-state index contributed by atoms with van der Waals surface area (Å²) in [5.74, 6) is 0.319. The maximum absolute atomic E-state index is 12.8. The van der Waals surface area contributed by atoms with E-state index in [2.05, 4.69) is 11.4 Å². The molecule has 4 atom stereocenters. The number of halogens is 1. The van der Waals surface area contributed by atoms with Crippen LogP contribution >= 0.6 is 11.6 Å². The summed E-state index contributed by atoms with van der Waals surface area (Å²) in [5, 5.41) is 13.7. The number of fused-ring (bicyclic) bond motifs is 3. The third-order valence-electron chi connectivity index (χ3n) is 7.35. The second kappa shape index (κ2) is 8.35. The number of hydrogen-bond donors (Lipinski definition) is 1. The predicted molar refractivity (Wildman–Crippen MR) is 124 cm³/mol. The first kappa shape index (κ1) is 21.2. The molecule has 1 aliphatic carbocycles. The molecule has 1 amide bonds. The molecule has 6 heteroatoms. The van der Waals surface area contributed by atoms with E-state index in [1.165, 1.54) is 0 Å². The number of Topliss-reactive ketones (excluding diaryl/α,β-unsaturated/α-hetero) is 1. The highest BCUT2D eigenvalue weighted by atomic mass is 35.5. The summed E-state index contributed by atoms with van der Waals surface area (Å²) in [6.45, 7) is 0. The number of carbonyl (C=O) groups excluding carboxylic acids is 2. The van der Waals surface area contributed by atoms with Crippen molar-refractivity contribution < 1.29 is 9.59 Å². The Morgan fingerprint density at radius 1 is 1.25 bits per heavy atom. The zero-order valence-electron chi connectivity index (χ0n) is 18.1. The van der Waals surface area contributed by atoms with Gasteiger partial charge in [0.05, 0.1) is 24.4 Å². The molecule has 0 aromatic heterocycles. The molecule has 5 rings (SSSR count). The fraction of sp³-hybridized carbons (Fsp3) is 0.423. The number of likely N-dealkylation sites (N-methyl/N-ethyl adjacent to an activating group) is 1. The number of amides is 1. The lowest BCUT2D eigenvalue weighted by atomic mass is 9.88. The summed E-state index contributed by atoms with van der Waals surface area (Å²) in [4.78, 5) is 26.4. The SMILES string of the molecule is CN1C(=O)Cc2ccc(-c3ccc(CC(C#N)CC(=O)[C@H]4N[C@@H]5CC[C@H]4C5)c(Cl)c3)cc21. The number of nitrogens with one attached hydrogen (secondary N) is 1. The Hall–Kier alpha value is -2.68. The molecular formula is C26H26ClN3O2. The van der Waals surface area contributed by atoms with Crippen LogP contribution in [0.1, 0.15) is 36.8 Å². The molecular weight excluding hydrogens is 422 g/mol. The van der Waals surface area contributed by atoms with Gasteiger partial charge in [0.25, 0.3) is 0 Å². The molecule has 2 heterocycles. The van der Waals surface area contributed by atoms with Crippen molar-refractivity contribution in [2.24, 2.45) is 11.8 Å². The van der Waals surface area contributed by atoms with Gasteiger partial charge in [-0.25, -0.2) is 0 Å². The van der Waals surface area contributed by atoms with Crippen molar-refractivity contribution in [1.29, 1.82) is 5.26 Å². The zero-order valence-corrected chi connectivity index (χ0v) is 18.9. The standard InChI is InChI=1S/C26H26ClN3O2/c1-30-23-12-17(3-5-19(23)13-25(30)32)16-2-4-18(22(27)11-16)8-15(14-28)9-24(31)26-20-6-7-21(10-20)29-26/h2-5,11-12,15,20-21,26,29H,6-10,13H2,1H3/t15?,20-,21+,26-/m0/s1. The minimum absolute atomic E-state index is 0.0766. The number of nitrogens with zero attached hydrogens (tertiary/aromatic N) is 2. The lowest BCUT2D eigenvalue weighted by Gasteiger charge is -2.23. The first-order valence-corrected chi connectivity index (χ1v) is 11.7. The summed E-state index contributed by atoms with van der Waals surface area (Å²) < 4.78 is 0. The van der Waals surface area contributed by atoms with Crippen molar-refractivity contribution in [3.8, 4) is 17.2 Å². The molecule has 5 nitrogen and oxygen atoms in total. The number of benzene rings is 2. The van der Waals surface area contributed by atoms with Gasteiger partial charge in [0, 0.05) is 30.2 Å². The number of nitriles is 1. The van der Waals surface area contributed by atoms with Crippen molar-refractivity contribution in [3.05, 3.63) is 52.5 Å². The Balaban J connectivity index is 1.29. The third-order valence-corrected chi connectivity index (χ3v) is 7.70. The average molecular weight is 448 g/mol. The van der Waals surface area contributed by atoms with Crippen LogP contribution < -0.4 is 10.2 Å². The molecule has 1 unspecified atom stereocenters. The fourth-order valence-electron chi connectivity index (χ4n) is 5.53. The highest BCUT2D eigenvalue weighted by Crippen LogP contribution is 2.37. The van der Waals surface area contributed by atoms with E-state index in [0.717, 1.165) is 47.2 Å². The molecule has 1 saturated carbocycles. The van der Waals surface area contributed by atoms with E-state index < -0.39 is 0 Å². The number of ketones is 1. The van der Waals surface area contributed by atoms with Gasteiger partial charge in [0.1, 0.15) is 0 Å². The summed E-state index contributed by atoms with van der Waals surface area (Å²) in [5.41, 5.74) is 4.81. The van der Waals surface area contributed by atoms with Crippen LogP contribution in [0, 0.1) is 23.2 Å². The first-order chi connectivity index (χ1) is 15.4. The molecule has 164 valence electrons. The molecule has 2 fully saturated rings. The van der Waals surface area contributed by atoms with Gasteiger partial charge in [0.2, 0.25) is 5.91 Å². The largest absolute Gasteiger partial charge is 0.315 e. The summed E-state index contributed by atoms with van der Waals surface area (Å²) in [6, 6.07) is 14.6. The molecule has 0 radical (unpaired) electrons. The maximum Gasteiger partial charge on any atom is 0.231 e. The van der Waals surface area contributed by atoms with Crippen LogP contribution in [0.25, 0.3) is 11.1 Å². The topological polar surface area (TPSA) is 73.2 Å². The normalized spacial score (nSPS) is 24.5. The minimum Gasteiger partial charge on any atom is -0.315 e. The Kier molecular flexibility index (Phi) is 5.53. The van der Waals surface area contributed by atoms with Gasteiger partial charge in [-0.05, 0) is 66.0 Å². The number of rotatable bonds is 6. The van der Waals surface area contributed by atoms with Crippen LogP contribution in [0.5, 0.6) is 0 Å². The fourth-order valence-corrected chi connectivity index (χ4v) is 5.79. The zero-order chi connectivity index (χ0) is 22.4. The maximum atomic E-state index is 12.8. The summed E-state index contributed by atoms with van der Waals surface area (Å²) in [6.07, 6.45) is 4.54. The van der Waals surface area contributed by atoms with E-state index in [0.29, 0.717) is 29.8 Å². The molecule has 32 heavy (non-hydrogen) atoms. The van der Waals surface area contributed by atoms with Gasteiger partial charge in [-0.1, -0.05) is 35.9 Å². The van der Waals surface area contributed by atoms with Crippen LogP contribution in [0.2, 0.25) is 5.02 Å². The van der Waals surface area contributed by atoms with Crippen LogP contribution in [0.4, 0.5) is 5.69 Å². The monoisotopic (exact) mass is 447 g/mol. The number of anilines is 1. The number of carbonyl (C=O) groups is 2. The third kappa shape index (κ3) is 3.83. The van der Waals surface area contributed by atoms with Crippen molar-refractivity contribution in [1.82, 2.24) is 5.32 Å². The van der Waals surface area contributed by atoms with Gasteiger partial charge in [-0.15, -0.1) is 0 Å². The first-order valence-electron chi connectivity index (χ1n) is 11.3. The summed E-state index contributed by atoms with van der Waals surface area (Å²) >= 11 is 6.59. The highest BCUT2D eigenvalue weighted by molar-refractivity contribution is 6.31. The molecule has 1 saturated heterocycles. The van der Waals surface area contributed by atoms with E-state index in [1.807, 2.05) is 36.4 Å². The Bertz CT molecular complexity index is 1140. The van der Waals surface area contributed by atoms with Crippen LogP contribution in [0.15, 0.2) is 36.4 Å². The Morgan fingerprint density at radius 3 is 2.72 bits per heavy atom. The second-order valence-corrected chi connectivity index (χ2v) is 9.80. The molecule has 2 aromatic carbocycles. The van der Waals surface area contributed by atoms with Crippen molar-refractivity contribution >= 4 is 29.0 Å². The van der Waals surface area contributed by atoms with Gasteiger partial charge in [-0.3, -0.25) is 9.59 Å². The second-order valence-electron chi connectivity index (χ2n) is 9.39. The summed E-state index contributed by atoms with van der Waals surface area (Å²) in [7, 11) is 1.80. The van der Waals surface area contributed by atoms with E-state index >= 15 is 0 Å². The molecule has 2 aliphatic heterocycles. The number of piperidine rings is 1. The lowest BCUT2D eigenvalue weighted by molar-refractivity contribution is -0.122. The van der Waals surface area contributed by atoms with Gasteiger partial charge in [0.15, 0.2) is 5.78 Å². The van der Waals surface area contributed by atoms with E-state index in [-0.39, 0.29) is 30.1 Å². The van der Waals surface area contributed by atoms with E-state index in [4.69, 9.17) is 11.6 Å². The van der Waals surface area contributed by atoms with Crippen LogP contribution in [0.3, 0.4) is 0 Å². The van der Waals surface area contributed by atoms with Crippen molar-refractivity contribution in [3.63, 3.8) is 0 Å². The molecule has 2 bridgehead atoms. The smallest absolute Gasteiger partial charge is 0.231 e. The van der Waals surface area contributed by atoms with Gasteiger partial charge < -0.3 is 10.2 Å². The van der Waals surface area contributed by atoms with E-state index in [9.17, 15) is 14.9 Å².